The molecule has 2 N–H and O–H groups in total. The van der Waals surface area contributed by atoms with E-state index in [2.05, 4.69) is 4.98 Å². The molecule has 0 spiro atoms. The fraction of sp³-hybridized carbons (Fsp3) is 0. The number of hydrogen-bond donors (Lipinski definition) is 1. The van der Waals surface area contributed by atoms with Crippen molar-refractivity contribution in [3.05, 3.63) is 59.8 Å². The first-order valence-corrected chi connectivity index (χ1v) is 8.06. The third kappa shape index (κ3) is 2.63. The first-order valence-electron chi connectivity index (χ1n) is 6.13. The van der Waals surface area contributed by atoms with E-state index in [1.165, 1.54) is 6.07 Å². The topological polar surface area (TPSA) is 73.1 Å². The molecule has 0 amide bonds. The third-order valence-electron chi connectivity index (χ3n) is 3.20. The lowest BCUT2D eigenvalue weighted by molar-refractivity contribution is 0.598. The van der Waals surface area contributed by atoms with E-state index >= 15 is 0 Å². The molecule has 0 aliphatic rings. The number of hydrogen-bond acceptors (Lipinski definition) is 3. The molecule has 0 saturated carbocycles. The van der Waals surface area contributed by atoms with Crippen LogP contribution >= 0.6 is 11.6 Å². The fourth-order valence-electron chi connectivity index (χ4n) is 2.25. The summed E-state index contributed by atoms with van der Waals surface area (Å²) in [5, 5.41) is 6.19. The van der Waals surface area contributed by atoms with Gasteiger partial charge in [-0.3, -0.25) is 4.98 Å². The Morgan fingerprint density at radius 3 is 2.57 bits per heavy atom. The van der Waals surface area contributed by atoms with Crippen LogP contribution < -0.4 is 5.14 Å². The van der Waals surface area contributed by atoms with Crippen molar-refractivity contribution >= 4 is 32.5 Å². The summed E-state index contributed by atoms with van der Waals surface area (Å²) in [6.45, 7) is 0. The van der Waals surface area contributed by atoms with Gasteiger partial charge in [-0.25, -0.2) is 13.6 Å². The largest absolute Gasteiger partial charge is 0.256 e. The van der Waals surface area contributed by atoms with Gasteiger partial charge in [0.25, 0.3) is 0 Å². The molecule has 0 atom stereocenters. The quantitative estimate of drug-likeness (QED) is 0.788. The normalized spacial score (nSPS) is 11.7. The Morgan fingerprint density at radius 2 is 1.86 bits per heavy atom. The summed E-state index contributed by atoms with van der Waals surface area (Å²) >= 11 is 6.04. The van der Waals surface area contributed by atoms with Crippen molar-refractivity contribution in [1.82, 2.24) is 4.98 Å². The van der Waals surface area contributed by atoms with Crippen molar-refractivity contribution < 1.29 is 8.42 Å². The van der Waals surface area contributed by atoms with Gasteiger partial charge in [0, 0.05) is 11.6 Å². The monoisotopic (exact) mass is 318 g/mol. The van der Waals surface area contributed by atoms with Crippen molar-refractivity contribution in [2.45, 2.75) is 4.90 Å². The predicted octanol–water partition coefficient (Wildman–Crippen LogP) is 3.20. The second-order valence-electron chi connectivity index (χ2n) is 4.57. The summed E-state index contributed by atoms with van der Waals surface area (Å²) in [5.41, 5.74) is 2.61. The standard InChI is InChI=1S/C15H11ClN2O2S/c16-13-9-10(6-7-15(13)21(17,19)20)11-3-1-5-14-12(11)4-2-8-18-14/h1-9H,(H2,17,19,20). The van der Waals surface area contributed by atoms with Crippen LogP contribution in [0.5, 0.6) is 0 Å². The molecule has 0 fully saturated rings. The molecule has 0 radical (unpaired) electrons. The summed E-state index contributed by atoms with van der Waals surface area (Å²) in [6.07, 6.45) is 1.73. The Balaban J connectivity index is 2.23. The van der Waals surface area contributed by atoms with Gasteiger partial charge in [0.15, 0.2) is 0 Å². The third-order valence-corrected chi connectivity index (χ3v) is 4.59. The lowest BCUT2D eigenvalue weighted by atomic mass is 10.0. The van der Waals surface area contributed by atoms with Gasteiger partial charge in [-0.2, -0.15) is 0 Å². The van der Waals surface area contributed by atoms with Crippen molar-refractivity contribution in [2.24, 2.45) is 5.14 Å². The van der Waals surface area contributed by atoms with Crippen LogP contribution in [0.25, 0.3) is 22.0 Å². The maximum atomic E-state index is 11.4. The van der Waals surface area contributed by atoms with Crippen molar-refractivity contribution in [1.29, 1.82) is 0 Å². The Bertz CT molecular complexity index is 934. The van der Waals surface area contributed by atoms with Crippen molar-refractivity contribution in [3.63, 3.8) is 0 Å². The molecule has 0 aliphatic heterocycles. The van der Waals surface area contributed by atoms with E-state index in [0.29, 0.717) is 0 Å². The van der Waals surface area contributed by atoms with Gasteiger partial charge in [-0.1, -0.05) is 35.9 Å². The SMILES string of the molecule is NS(=O)(=O)c1ccc(-c2cccc3ncccc23)cc1Cl. The molecule has 2 aromatic carbocycles. The minimum atomic E-state index is -3.82. The van der Waals surface area contributed by atoms with Crippen LogP contribution in [0.2, 0.25) is 5.02 Å². The van der Waals surface area contributed by atoms with Gasteiger partial charge >= 0.3 is 0 Å². The number of fused-ring (bicyclic) bond motifs is 1. The summed E-state index contributed by atoms with van der Waals surface area (Å²) in [6, 6.07) is 14.3. The number of rotatable bonds is 2. The van der Waals surface area contributed by atoms with Gasteiger partial charge in [0.2, 0.25) is 10.0 Å². The highest BCUT2D eigenvalue weighted by molar-refractivity contribution is 7.89. The van der Waals surface area contributed by atoms with Gasteiger partial charge < -0.3 is 0 Å². The summed E-state index contributed by atoms with van der Waals surface area (Å²) in [4.78, 5) is 4.22. The van der Waals surface area contributed by atoms with Crippen LogP contribution in [0.15, 0.2) is 59.6 Å². The molecule has 1 heterocycles. The fourth-order valence-corrected chi connectivity index (χ4v) is 3.35. The summed E-state index contributed by atoms with van der Waals surface area (Å²) < 4.78 is 22.8. The molecule has 1 aromatic heterocycles. The molecule has 3 rings (SSSR count). The second kappa shape index (κ2) is 5.11. The van der Waals surface area contributed by atoms with Crippen molar-refractivity contribution in [3.8, 4) is 11.1 Å². The second-order valence-corrected chi connectivity index (χ2v) is 6.50. The zero-order valence-electron chi connectivity index (χ0n) is 10.8. The van der Waals surface area contributed by atoms with Crippen LogP contribution in [-0.2, 0) is 10.0 Å². The molecule has 0 unspecified atom stereocenters. The summed E-state index contributed by atoms with van der Waals surface area (Å²) in [5.74, 6) is 0. The average molecular weight is 319 g/mol. The number of primary sulfonamides is 1. The Labute approximate surface area is 127 Å². The van der Waals surface area contributed by atoms with Crippen LogP contribution in [0.3, 0.4) is 0 Å². The highest BCUT2D eigenvalue weighted by atomic mass is 35.5. The van der Waals surface area contributed by atoms with E-state index in [9.17, 15) is 8.42 Å². The number of pyridine rings is 1. The molecule has 4 nitrogen and oxygen atoms in total. The van der Waals surface area contributed by atoms with Gasteiger partial charge in [0.05, 0.1) is 10.5 Å². The summed E-state index contributed by atoms with van der Waals surface area (Å²) in [7, 11) is -3.82. The molecule has 106 valence electrons. The highest BCUT2D eigenvalue weighted by Crippen LogP contribution is 2.31. The Hall–Kier alpha value is -1.95. The molecule has 3 aromatic rings. The smallest absolute Gasteiger partial charge is 0.239 e. The van der Waals surface area contributed by atoms with Gasteiger partial charge in [-0.05, 0) is 35.4 Å². The Morgan fingerprint density at radius 1 is 1.05 bits per heavy atom. The predicted molar refractivity (Wildman–Crippen MR) is 83.6 cm³/mol. The van der Waals surface area contributed by atoms with Gasteiger partial charge in [-0.15, -0.1) is 0 Å². The molecule has 0 bridgehead atoms. The number of benzene rings is 2. The Kier molecular flexibility index (Phi) is 3.41. The van der Waals surface area contributed by atoms with E-state index in [4.69, 9.17) is 16.7 Å². The molecule has 0 saturated heterocycles. The number of nitrogens with zero attached hydrogens (tertiary/aromatic N) is 1. The minimum absolute atomic E-state index is 0.0775. The lowest BCUT2D eigenvalue weighted by Gasteiger charge is -2.08. The number of nitrogens with two attached hydrogens (primary N) is 1. The zero-order chi connectivity index (χ0) is 15.0. The number of halogens is 1. The maximum absolute atomic E-state index is 11.4. The van der Waals surface area contributed by atoms with E-state index in [-0.39, 0.29) is 9.92 Å². The van der Waals surface area contributed by atoms with E-state index < -0.39 is 10.0 Å². The van der Waals surface area contributed by atoms with E-state index in [0.717, 1.165) is 22.0 Å². The highest BCUT2D eigenvalue weighted by Gasteiger charge is 2.14. The van der Waals surface area contributed by atoms with E-state index in [1.54, 1.807) is 18.3 Å². The van der Waals surface area contributed by atoms with Crippen LogP contribution in [0, 0.1) is 0 Å². The van der Waals surface area contributed by atoms with Crippen LogP contribution in [0.4, 0.5) is 0 Å². The zero-order valence-corrected chi connectivity index (χ0v) is 12.4. The maximum Gasteiger partial charge on any atom is 0.239 e. The number of aromatic nitrogens is 1. The first kappa shape index (κ1) is 14.0. The van der Waals surface area contributed by atoms with Gasteiger partial charge in [0.1, 0.15) is 4.90 Å². The molecule has 6 heteroatoms. The lowest BCUT2D eigenvalue weighted by Crippen LogP contribution is -2.12. The van der Waals surface area contributed by atoms with Crippen LogP contribution in [-0.4, -0.2) is 13.4 Å². The molecule has 0 aliphatic carbocycles. The minimum Gasteiger partial charge on any atom is -0.256 e. The molecule has 21 heavy (non-hydrogen) atoms. The van der Waals surface area contributed by atoms with E-state index in [1.807, 2.05) is 30.3 Å². The van der Waals surface area contributed by atoms with Crippen LogP contribution in [0.1, 0.15) is 0 Å². The van der Waals surface area contributed by atoms with Crippen molar-refractivity contribution in [2.75, 3.05) is 0 Å². The first-order chi connectivity index (χ1) is 9.97. The average Bonchev–Trinajstić information content (AvgIpc) is 2.45. The molecular formula is C15H11ClN2O2S. The number of sulfonamides is 1. The molecular weight excluding hydrogens is 308 g/mol.